The molecule has 0 aromatic carbocycles. The highest BCUT2D eigenvalue weighted by molar-refractivity contribution is 7.88. The number of furan rings is 1. The highest BCUT2D eigenvalue weighted by Gasteiger charge is 2.55. The first-order chi connectivity index (χ1) is 12.0. The van der Waals surface area contributed by atoms with E-state index >= 15 is 0 Å². The van der Waals surface area contributed by atoms with Gasteiger partial charge in [-0.2, -0.15) is 0 Å². The molecule has 25 heavy (non-hydrogen) atoms. The summed E-state index contributed by atoms with van der Waals surface area (Å²) < 4.78 is 37.2. The quantitative estimate of drug-likeness (QED) is 0.761. The highest BCUT2D eigenvalue weighted by Crippen LogP contribution is 2.40. The number of nitrogens with zero attached hydrogens (tertiary/aromatic N) is 1. The van der Waals surface area contributed by atoms with Crippen LogP contribution in [0.25, 0.3) is 0 Å². The molecule has 1 aliphatic carbocycles. The molecule has 7 nitrogen and oxygen atoms in total. The van der Waals surface area contributed by atoms with Crippen molar-refractivity contribution in [3.05, 3.63) is 24.2 Å². The Kier molecular flexibility index (Phi) is 4.89. The van der Waals surface area contributed by atoms with E-state index in [0.717, 1.165) is 51.3 Å². The number of sulfonamides is 1. The topological polar surface area (TPSA) is 83.8 Å². The molecule has 4 atom stereocenters. The fourth-order valence-corrected chi connectivity index (χ4v) is 5.25. The number of piperidine rings is 1. The normalized spacial score (nSPS) is 34.0. The monoisotopic (exact) mass is 369 g/mol. The van der Waals surface area contributed by atoms with Gasteiger partial charge >= 0.3 is 0 Å². The van der Waals surface area contributed by atoms with Crippen molar-refractivity contribution in [2.24, 2.45) is 5.92 Å². The lowest BCUT2D eigenvalue weighted by atomic mass is 9.71. The van der Waals surface area contributed by atoms with Gasteiger partial charge in [0.15, 0.2) is 0 Å². The molecule has 2 saturated heterocycles. The Bertz CT molecular complexity index is 670. The van der Waals surface area contributed by atoms with Gasteiger partial charge in [-0.25, -0.2) is 13.1 Å². The fraction of sp³-hybridized carbons (Fsp3) is 0.765. The predicted octanol–water partition coefficient (Wildman–Crippen LogP) is 0.539. The Morgan fingerprint density at radius 3 is 2.72 bits per heavy atom. The molecule has 140 valence electrons. The molecular formula is C17H27N3O4S. The summed E-state index contributed by atoms with van der Waals surface area (Å²) in [4.78, 5) is 2.41. The average Bonchev–Trinajstić information content (AvgIpc) is 3.21. The molecule has 0 amide bonds. The van der Waals surface area contributed by atoms with Crippen LogP contribution in [0.3, 0.4) is 0 Å². The maximum absolute atomic E-state index is 11.6. The van der Waals surface area contributed by atoms with E-state index in [1.54, 1.807) is 6.26 Å². The van der Waals surface area contributed by atoms with Gasteiger partial charge in [0.25, 0.3) is 0 Å². The SMILES string of the molecule is CS(=O)(=O)N[C@@H]1[C@@H](NC2CCN(Cc3ccco3)CC2)[C@H]2CCO[C@H]21. The minimum absolute atomic E-state index is 0.0336. The third-order valence-electron chi connectivity index (χ3n) is 5.71. The van der Waals surface area contributed by atoms with Crippen LogP contribution in [0.1, 0.15) is 25.0 Å². The van der Waals surface area contributed by atoms with Crippen LogP contribution in [0.2, 0.25) is 0 Å². The lowest BCUT2D eigenvalue weighted by Crippen LogP contribution is -2.71. The van der Waals surface area contributed by atoms with Gasteiger partial charge in [0.05, 0.1) is 31.2 Å². The molecule has 1 aromatic heterocycles. The first kappa shape index (κ1) is 17.5. The standard InChI is InChI=1S/C17H27N3O4S/c1-25(21,22)19-16-15(14-6-10-24-17(14)16)18-12-4-7-20(8-5-12)11-13-3-2-9-23-13/h2-3,9,12,14-19H,4-8,10-11H2,1H3/t14-,15+,16-,17-/m1/s1. The second-order valence-corrected chi connectivity index (χ2v) is 9.31. The summed E-state index contributed by atoms with van der Waals surface area (Å²) in [6, 6.07) is 4.42. The lowest BCUT2D eigenvalue weighted by Gasteiger charge is -2.49. The Morgan fingerprint density at radius 2 is 2.04 bits per heavy atom. The van der Waals surface area contributed by atoms with Gasteiger partial charge in [0, 0.05) is 37.7 Å². The molecule has 0 spiro atoms. The van der Waals surface area contributed by atoms with E-state index in [0.29, 0.717) is 12.0 Å². The van der Waals surface area contributed by atoms with Crippen molar-refractivity contribution in [2.75, 3.05) is 26.0 Å². The number of nitrogens with one attached hydrogen (secondary N) is 2. The molecule has 0 unspecified atom stereocenters. The van der Waals surface area contributed by atoms with Gasteiger partial charge < -0.3 is 14.5 Å². The summed E-state index contributed by atoms with van der Waals surface area (Å²) in [7, 11) is -3.22. The van der Waals surface area contributed by atoms with Crippen LogP contribution in [0.15, 0.2) is 22.8 Å². The van der Waals surface area contributed by atoms with Crippen molar-refractivity contribution in [2.45, 2.75) is 50.0 Å². The van der Waals surface area contributed by atoms with E-state index in [9.17, 15) is 8.42 Å². The number of hydrogen-bond donors (Lipinski definition) is 2. The van der Waals surface area contributed by atoms with Gasteiger partial charge in [-0.05, 0) is 31.4 Å². The molecule has 2 N–H and O–H groups in total. The number of rotatable bonds is 6. The fourth-order valence-electron chi connectivity index (χ4n) is 4.47. The number of likely N-dealkylation sites (tertiary alicyclic amines) is 1. The first-order valence-corrected chi connectivity index (χ1v) is 11.0. The van der Waals surface area contributed by atoms with E-state index in [1.807, 2.05) is 12.1 Å². The van der Waals surface area contributed by atoms with Gasteiger partial charge in [-0.1, -0.05) is 0 Å². The molecule has 2 aliphatic heterocycles. The average molecular weight is 369 g/mol. The minimum Gasteiger partial charge on any atom is -0.468 e. The molecule has 3 aliphatic rings. The maximum Gasteiger partial charge on any atom is 0.209 e. The summed E-state index contributed by atoms with van der Waals surface area (Å²) in [6.07, 6.45) is 6.13. The first-order valence-electron chi connectivity index (χ1n) is 9.09. The number of ether oxygens (including phenoxy) is 1. The number of fused-ring (bicyclic) bond motifs is 1. The molecular weight excluding hydrogens is 342 g/mol. The smallest absolute Gasteiger partial charge is 0.209 e. The Balaban J connectivity index is 1.30. The van der Waals surface area contributed by atoms with E-state index in [-0.39, 0.29) is 18.2 Å². The van der Waals surface area contributed by atoms with Crippen molar-refractivity contribution in [3.8, 4) is 0 Å². The second-order valence-electron chi connectivity index (χ2n) is 7.53. The van der Waals surface area contributed by atoms with E-state index in [1.165, 1.54) is 6.26 Å². The molecule has 0 radical (unpaired) electrons. The highest BCUT2D eigenvalue weighted by atomic mass is 32.2. The zero-order valence-electron chi connectivity index (χ0n) is 14.6. The van der Waals surface area contributed by atoms with E-state index in [2.05, 4.69) is 14.9 Å². The van der Waals surface area contributed by atoms with Crippen LogP contribution in [0.4, 0.5) is 0 Å². The Hall–Kier alpha value is -0.930. The molecule has 0 bridgehead atoms. The van der Waals surface area contributed by atoms with Crippen molar-refractivity contribution in [1.82, 2.24) is 14.9 Å². The minimum atomic E-state index is -3.22. The summed E-state index contributed by atoms with van der Waals surface area (Å²) >= 11 is 0. The van der Waals surface area contributed by atoms with E-state index in [4.69, 9.17) is 9.15 Å². The van der Waals surface area contributed by atoms with Gasteiger partial charge in [0.1, 0.15) is 5.76 Å². The Morgan fingerprint density at radius 1 is 1.24 bits per heavy atom. The van der Waals surface area contributed by atoms with E-state index < -0.39 is 10.0 Å². The largest absolute Gasteiger partial charge is 0.468 e. The second kappa shape index (κ2) is 7.00. The van der Waals surface area contributed by atoms with Gasteiger partial charge in [-0.15, -0.1) is 0 Å². The molecule has 1 aromatic rings. The molecule has 8 heteroatoms. The van der Waals surface area contributed by atoms with Crippen molar-refractivity contribution >= 4 is 10.0 Å². The zero-order chi connectivity index (χ0) is 17.4. The predicted molar refractivity (Wildman–Crippen MR) is 93.5 cm³/mol. The van der Waals surface area contributed by atoms with Crippen LogP contribution in [0, 0.1) is 5.92 Å². The van der Waals surface area contributed by atoms with Crippen LogP contribution in [0.5, 0.6) is 0 Å². The third-order valence-corrected chi connectivity index (χ3v) is 6.41. The maximum atomic E-state index is 11.6. The van der Waals surface area contributed by atoms with Crippen LogP contribution in [-0.4, -0.2) is 63.5 Å². The van der Waals surface area contributed by atoms with Crippen LogP contribution in [-0.2, 0) is 21.3 Å². The Labute approximate surface area is 149 Å². The third kappa shape index (κ3) is 3.93. The van der Waals surface area contributed by atoms with Crippen molar-refractivity contribution in [1.29, 1.82) is 0 Å². The summed E-state index contributed by atoms with van der Waals surface area (Å²) in [5.74, 6) is 1.44. The zero-order valence-corrected chi connectivity index (χ0v) is 15.4. The number of hydrogen-bond acceptors (Lipinski definition) is 6. The van der Waals surface area contributed by atoms with Gasteiger partial charge in [-0.3, -0.25) is 4.90 Å². The van der Waals surface area contributed by atoms with Gasteiger partial charge in [0.2, 0.25) is 10.0 Å². The van der Waals surface area contributed by atoms with Crippen LogP contribution < -0.4 is 10.0 Å². The summed E-state index contributed by atoms with van der Waals surface area (Å²) in [5.41, 5.74) is 0. The van der Waals surface area contributed by atoms with Crippen LogP contribution >= 0.6 is 0 Å². The van der Waals surface area contributed by atoms with Crippen molar-refractivity contribution in [3.63, 3.8) is 0 Å². The molecule has 3 fully saturated rings. The molecule has 3 heterocycles. The van der Waals surface area contributed by atoms with Crippen molar-refractivity contribution < 1.29 is 17.6 Å². The molecule has 1 saturated carbocycles. The summed E-state index contributed by atoms with van der Waals surface area (Å²) in [5, 5.41) is 3.72. The summed E-state index contributed by atoms with van der Waals surface area (Å²) in [6.45, 7) is 3.65. The lowest BCUT2D eigenvalue weighted by molar-refractivity contribution is -0.0273. The molecule has 4 rings (SSSR count).